The maximum absolute atomic E-state index is 14.9. The number of hydrogen-bond donors (Lipinski definition) is 1. The Kier molecular flexibility index (Phi) is 7.56. The minimum absolute atomic E-state index is 0.0488. The zero-order chi connectivity index (χ0) is 31.3. The molecule has 4 aliphatic rings. The topological polar surface area (TPSA) is 112 Å². The molecular formula is C34H38N6O4S. The van der Waals surface area contributed by atoms with Crippen LogP contribution in [-0.2, 0) is 27.5 Å². The molecule has 4 aliphatic heterocycles. The van der Waals surface area contributed by atoms with Crippen LogP contribution in [0.1, 0.15) is 25.8 Å². The van der Waals surface area contributed by atoms with Crippen LogP contribution in [0.5, 0.6) is 0 Å². The second-order valence-corrected chi connectivity index (χ2v) is 14.4. The molecule has 2 aromatic carbocycles. The van der Waals surface area contributed by atoms with Gasteiger partial charge in [0.05, 0.1) is 34.7 Å². The smallest absolute Gasteiger partial charge is 0.248 e. The molecule has 2 fully saturated rings. The Morgan fingerprint density at radius 1 is 0.933 bits per heavy atom. The quantitative estimate of drug-likeness (QED) is 0.383. The van der Waals surface area contributed by atoms with Crippen molar-refractivity contribution in [3.05, 3.63) is 84.5 Å². The van der Waals surface area contributed by atoms with Crippen LogP contribution in [-0.4, -0.2) is 100 Å². The molecule has 6 atom stereocenters. The zero-order valence-corrected chi connectivity index (χ0v) is 26.3. The lowest BCUT2D eigenvalue weighted by Gasteiger charge is -2.39. The lowest BCUT2D eigenvalue weighted by atomic mass is 9.74. The van der Waals surface area contributed by atoms with Crippen molar-refractivity contribution in [2.45, 2.75) is 54.9 Å². The molecule has 1 unspecified atom stereocenters. The van der Waals surface area contributed by atoms with Crippen LogP contribution in [0.3, 0.4) is 0 Å². The van der Waals surface area contributed by atoms with E-state index in [1.165, 1.54) is 0 Å². The maximum atomic E-state index is 14.9. The largest absolute Gasteiger partial charge is 0.394 e. The van der Waals surface area contributed by atoms with Crippen LogP contribution in [0.4, 0.5) is 0 Å². The van der Waals surface area contributed by atoms with Gasteiger partial charge in [-0.15, -0.1) is 16.9 Å². The highest BCUT2D eigenvalue weighted by molar-refractivity contribution is 8.02. The van der Waals surface area contributed by atoms with Crippen LogP contribution >= 0.6 is 11.8 Å². The molecule has 5 heterocycles. The van der Waals surface area contributed by atoms with Crippen LogP contribution < -0.4 is 0 Å². The van der Waals surface area contributed by atoms with E-state index in [9.17, 15) is 19.5 Å². The number of benzene rings is 2. The van der Waals surface area contributed by atoms with Gasteiger partial charge in [0.15, 0.2) is 0 Å². The third kappa shape index (κ3) is 4.70. The number of rotatable bonds is 8. The van der Waals surface area contributed by atoms with E-state index in [1.807, 2.05) is 91.6 Å². The molecule has 0 radical (unpaired) electrons. The molecule has 234 valence electrons. The van der Waals surface area contributed by atoms with E-state index in [0.717, 1.165) is 23.0 Å². The maximum Gasteiger partial charge on any atom is 0.248 e. The van der Waals surface area contributed by atoms with Gasteiger partial charge in [0.2, 0.25) is 17.7 Å². The predicted molar refractivity (Wildman–Crippen MR) is 172 cm³/mol. The summed E-state index contributed by atoms with van der Waals surface area (Å²) in [7, 11) is 0. The molecule has 45 heavy (non-hydrogen) atoms. The number of nitrogens with zero attached hydrogens (tertiary/aromatic N) is 6. The van der Waals surface area contributed by atoms with E-state index in [1.54, 1.807) is 26.2 Å². The van der Waals surface area contributed by atoms with Gasteiger partial charge in [0.1, 0.15) is 18.2 Å². The van der Waals surface area contributed by atoms with E-state index in [-0.39, 0.29) is 31.0 Å². The number of para-hydroxylation sites is 1. The van der Waals surface area contributed by atoms with Crippen LogP contribution in [0, 0.1) is 11.8 Å². The van der Waals surface area contributed by atoms with Gasteiger partial charge in [-0.1, -0.05) is 78.9 Å². The van der Waals surface area contributed by atoms with Gasteiger partial charge < -0.3 is 19.8 Å². The highest BCUT2D eigenvalue weighted by Crippen LogP contribution is 2.65. The number of likely N-dealkylation sites (tertiary alicyclic amines) is 1. The average molecular weight is 627 g/mol. The predicted octanol–water partition coefficient (Wildman–Crippen LogP) is 2.89. The monoisotopic (exact) mass is 626 g/mol. The Morgan fingerprint density at radius 3 is 2.44 bits per heavy atom. The molecular weight excluding hydrogens is 588 g/mol. The third-order valence-corrected chi connectivity index (χ3v) is 11.6. The lowest BCUT2D eigenvalue weighted by Crippen LogP contribution is -2.57. The first-order chi connectivity index (χ1) is 21.8. The Morgan fingerprint density at radius 2 is 1.67 bits per heavy atom. The summed E-state index contributed by atoms with van der Waals surface area (Å²) in [5.41, 5.74) is 2.49. The van der Waals surface area contributed by atoms with E-state index >= 15 is 0 Å². The summed E-state index contributed by atoms with van der Waals surface area (Å²) in [5.74, 6) is -1.93. The fraction of sp³-hybridized carbons (Fsp3) is 0.441. The van der Waals surface area contributed by atoms with Crippen molar-refractivity contribution in [3.8, 4) is 0 Å². The molecule has 11 heteroatoms. The van der Waals surface area contributed by atoms with E-state index in [4.69, 9.17) is 0 Å². The third-order valence-electron chi connectivity index (χ3n) is 9.80. The van der Waals surface area contributed by atoms with Crippen molar-refractivity contribution in [2.24, 2.45) is 11.8 Å². The zero-order valence-electron chi connectivity index (χ0n) is 25.5. The molecule has 3 aromatic rings. The van der Waals surface area contributed by atoms with Gasteiger partial charge in [0, 0.05) is 24.4 Å². The molecule has 0 saturated carbocycles. The lowest BCUT2D eigenvalue weighted by molar-refractivity contribution is -0.147. The Balaban J connectivity index is 1.33. The number of amides is 3. The number of aliphatic hydroxyl groups excluding tert-OH is 1. The molecule has 0 bridgehead atoms. The number of fused-ring (bicyclic) bond motifs is 3. The molecule has 3 amide bonds. The SMILES string of the molecule is CCCN1CC=C[C@]2(C)S[C@]34C=CCN(Cn5nnc6ccccc65)C(=O)C3N([C@@H](CO)Cc3ccccc3)C(=O)[C@@H]4[C@@H]2C1=O. The normalized spacial score (nSPS) is 30.0. The number of carbonyl (C=O) groups is 3. The number of aliphatic hydroxyl groups is 1. The first-order valence-electron chi connectivity index (χ1n) is 15.7. The molecule has 10 nitrogen and oxygen atoms in total. The minimum atomic E-state index is -0.994. The van der Waals surface area contributed by atoms with Crippen LogP contribution in [0.25, 0.3) is 11.0 Å². The van der Waals surface area contributed by atoms with E-state index < -0.39 is 33.4 Å². The average Bonchev–Trinajstić information content (AvgIpc) is 3.58. The second kappa shape index (κ2) is 11.4. The minimum Gasteiger partial charge on any atom is -0.394 e. The molecule has 0 aliphatic carbocycles. The van der Waals surface area contributed by atoms with Crippen molar-refractivity contribution in [2.75, 3.05) is 26.2 Å². The van der Waals surface area contributed by atoms with Crippen molar-refractivity contribution in [1.29, 1.82) is 0 Å². The second-order valence-electron chi connectivity index (χ2n) is 12.6. The number of hydrogen-bond acceptors (Lipinski definition) is 7. The van der Waals surface area contributed by atoms with Crippen molar-refractivity contribution in [1.82, 2.24) is 29.7 Å². The summed E-state index contributed by atoms with van der Waals surface area (Å²) in [6.07, 6.45) is 9.29. The van der Waals surface area contributed by atoms with Gasteiger partial charge in [-0.2, -0.15) is 0 Å². The van der Waals surface area contributed by atoms with Gasteiger partial charge in [0.25, 0.3) is 0 Å². The van der Waals surface area contributed by atoms with Gasteiger partial charge in [-0.25, -0.2) is 4.68 Å². The molecule has 1 spiro atoms. The fourth-order valence-electron chi connectivity index (χ4n) is 7.87. The summed E-state index contributed by atoms with van der Waals surface area (Å²) in [6.45, 7) is 5.33. The van der Waals surface area contributed by atoms with E-state index in [0.29, 0.717) is 26.1 Å². The van der Waals surface area contributed by atoms with Crippen molar-refractivity contribution >= 4 is 40.5 Å². The molecule has 1 N–H and O–H groups in total. The van der Waals surface area contributed by atoms with Crippen LogP contribution in [0.15, 0.2) is 78.9 Å². The van der Waals surface area contributed by atoms with E-state index in [2.05, 4.69) is 16.4 Å². The molecule has 1 aromatic heterocycles. The van der Waals surface area contributed by atoms with Gasteiger partial charge in [-0.05, 0) is 37.5 Å². The van der Waals surface area contributed by atoms with Gasteiger partial charge >= 0.3 is 0 Å². The first kappa shape index (κ1) is 29.7. The molecule has 2 saturated heterocycles. The Hall–Kier alpha value is -3.96. The summed E-state index contributed by atoms with van der Waals surface area (Å²) in [5, 5.41) is 19.4. The van der Waals surface area contributed by atoms with Gasteiger partial charge in [-0.3, -0.25) is 14.4 Å². The standard InChI is InChI=1S/C34H38N6O4S/c1-3-17-37-18-9-15-33(2)27(30(37)42)28-31(43)40(24(21-41)20-23-11-5-4-6-12-23)29-32(44)38(19-10-16-34(28,29)45-33)22-39-26-14-8-7-13-25(26)35-36-39/h4-16,24,27-29,41H,3,17-22H2,1-2H3/t24-,27-,28+,29?,33+,34+/m1/s1. The summed E-state index contributed by atoms with van der Waals surface area (Å²) < 4.78 is 0.0273. The Labute approximate surface area is 266 Å². The summed E-state index contributed by atoms with van der Waals surface area (Å²) >= 11 is 1.56. The number of aromatic nitrogens is 3. The summed E-state index contributed by atoms with van der Waals surface area (Å²) in [6, 6.07) is 15.7. The van der Waals surface area contributed by atoms with Crippen molar-refractivity contribution < 1.29 is 19.5 Å². The Bertz CT molecular complexity index is 1690. The number of carbonyl (C=O) groups excluding carboxylic acids is 3. The first-order valence-corrected chi connectivity index (χ1v) is 16.5. The van der Waals surface area contributed by atoms with Crippen molar-refractivity contribution in [3.63, 3.8) is 0 Å². The highest BCUT2D eigenvalue weighted by atomic mass is 32.2. The summed E-state index contributed by atoms with van der Waals surface area (Å²) in [4.78, 5) is 49.3. The fourth-order valence-corrected chi connectivity index (χ4v) is 10.0. The van der Waals surface area contributed by atoms with Crippen LogP contribution in [0.2, 0.25) is 0 Å². The highest BCUT2D eigenvalue weighted by Gasteiger charge is 2.74. The number of thioether (sulfide) groups is 1. The molecule has 7 rings (SSSR count).